The molecule has 2 aliphatic carbocycles. The fourth-order valence-corrected chi connectivity index (χ4v) is 10.6. The average Bonchev–Trinajstić information content (AvgIpc) is 3.22. The number of benzene rings is 3. The number of carbonyl (C=O) groups excluding carboxylic acids is 2. The van der Waals surface area contributed by atoms with Crippen LogP contribution in [-0.4, -0.2) is 45.3 Å². The second kappa shape index (κ2) is 18.8. The number of anilines is 2. The van der Waals surface area contributed by atoms with E-state index in [9.17, 15) is 30.0 Å². The molecule has 7 rings (SSSR count). The molecule has 61 heavy (non-hydrogen) atoms. The highest BCUT2D eigenvalue weighted by Crippen LogP contribution is 2.56. The zero-order valence-electron chi connectivity index (χ0n) is 37.7. The molecule has 2 heterocycles. The largest absolute Gasteiger partial charge is 0.507 e. The molecule has 0 unspecified atom stereocenters. The van der Waals surface area contributed by atoms with Gasteiger partial charge in [0, 0.05) is 70.8 Å². The summed E-state index contributed by atoms with van der Waals surface area (Å²) in [6.07, 6.45) is 11.7. The minimum atomic E-state index is -0.154. The molecule has 3 aromatic carbocycles. The minimum absolute atomic E-state index is 0.0374. The predicted molar refractivity (Wildman–Crippen MR) is 248 cm³/mol. The third kappa shape index (κ3) is 8.92. The molecule has 4 N–H and O–H groups in total. The number of rotatable bonds is 8. The summed E-state index contributed by atoms with van der Waals surface area (Å²) in [4.78, 5) is 30.3. The summed E-state index contributed by atoms with van der Waals surface area (Å²) in [6, 6.07) is 12.2. The van der Waals surface area contributed by atoms with Crippen molar-refractivity contribution in [1.82, 2.24) is 0 Å². The van der Waals surface area contributed by atoms with Crippen LogP contribution >= 0.6 is 0 Å². The minimum Gasteiger partial charge on any atom is -0.507 e. The van der Waals surface area contributed by atoms with E-state index in [-0.39, 0.29) is 76.2 Å². The van der Waals surface area contributed by atoms with Gasteiger partial charge in [0.25, 0.3) is 5.91 Å². The summed E-state index contributed by atoms with van der Waals surface area (Å²) < 4.78 is 0. The molecule has 0 saturated carbocycles. The number of hydrogen-bond donors (Lipinski definition) is 4. The number of aromatic hydroxyl groups is 4. The number of phenols is 4. The highest BCUT2D eigenvalue weighted by molar-refractivity contribution is 6.08. The Morgan fingerprint density at radius 2 is 1.07 bits per heavy atom. The molecular formula is C53H68N2O6. The molecule has 8 heteroatoms. The second-order valence-corrected chi connectivity index (χ2v) is 18.5. The van der Waals surface area contributed by atoms with Crippen LogP contribution in [0.2, 0.25) is 0 Å². The molecule has 0 aromatic heterocycles. The number of amides is 2. The monoisotopic (exact) mass is 829 g/mol. The van der Waals surface area contributed by atoms with Gasteiger partial charge in [-0.05, 0) is 115 Å². The van der Waals surface area contributed by atoms with Gasteiger partial charge >= 0.3 is 0 Å². The summed E-state index contributed by atoms with van der Waals surface area (Å²) in [7, 11) is 0. The van der Waals surface area contributed by atoms with Crippen molar-refractivity contribution in [3.63, 3.8) is 0 Å². The molecule has 0 spiro atoms. The van der Waals surface area contributed by atoms with Crippen LogP contribution in [0.4, 0.5) is 11.4 Å². The molecule has 3 aromatic rings. The van der Waals surface area contributed by atoms with Crippen LogP contribution in [0.5, 0.6) is 23.0 Å². The van der Waals surface area contributed by atoms with Crippen molar-refractivity contribution in [3.8, 4) is 23.0 Å². The highest BCUT2D eigenvalue weighted by atomic mass is 16.3. The summed E-state index contributed by atoms with van der Waals surface area (Å²) in [5.74, 6) is 0.632. The van der Waals surface area contributed by atoms with Gasteiger partial charge in [0.2, 0.25) is 5.91 Å². The van der Waals surface area contributed by atoms with Crippen molar-refractivity contribution in [3.05, 3.63) is 118 Å². The summed E-state index contributed by atoms with van der Waals surface area (Å²) in [5, 5.41) is 43.9. The second-order valence-electron chi connectivity index (χ2n) is 18.5. The molecule has 2 amide bonds. The standard InChI is InChI=1S/C28H33NO3.C25H35NO3/c1-5-19-13-14-29(28(32)20-9-7-6-8-10-20)27-25(19)23(30)16-24(31)26(27)22-15-18(4)11-12-21(22)17(2)3;1-7-17-10-11-26(25(29)15(4)5)24-22(17)20(27)13-21(28)23(24)19-12-16(6)8-9-18(19)14(2)3/h6-10,15-16,19,21-22,30-31H,2,5,11-14H2,1,3-4H3;12-13,15,17-19,27-28H,2,7-11H2,1,3-6H3/t19-,21+,22-;17-,18+,19-/m11/s1. The zero-order chi connectivity index (χ0) is 44.4. The van der Waals surface area contributed by atoms with Gasteiger partial charge in [-0.3, -0.25) is 9.59 Å². The first-order chi connectivity index (χ1) is 29.0. The van der Waals surface area contributed by atoms with Gasteiger partial charge in [-0.15, -0.1) is 0 Å². The van der Waals surface area contributed by atoms with Gasteiger partial charge in [0.15, 0.2) is 0 Å². The van der Waals surface area contributed by atoms with Crippen LogP contribution in [0, 0.1) is 17.8 Å². The maximum atomic E-state index is 13.6. The van der Waals surface area contributed by atoms with Crippen LogP contribution in [0.1, 0.15) is 163 Å². The predicted octanol–water partition coefficient (Wildman–Crippen LogP) is 12.7. The van der Waals surface area contributed by atoms with Gasteiger partial charge in [0.05, 0.1) is 11.4 Å². The molecule has 4 aliphatic rings. The lowest BCUT2D eigenvalue weighted by Gasteiger charge is -2.40. The first-order valence-electron chi connectivity index (χ1n) is 22.5. The molecule has 0 bridgehead atoms. The van der Waals surface area contributed by atoms with Crippen molar-refractivity contribution >= 4 is 23.2 Å². The topological polar surface area (TPSA) is 122 Å². The summed E-state index contributed by atoms with van der Waals surface area (Å²) >= 11 is 0. The highest BCUT2D eigenvalue weighted by Gasteiger charge is 2.41. The molecule has 0 radical (unpaired) electrons. The van der Waals surface area contributed by atoms with E-state index in [1.165, 1.54) is 23.3 Å². The number of phenolic OH excluding ortho intramolecular Hbond substituents is 4. The van der Waals surface area contributed by atoms with Crippen molar-refractivity contribution in [2.24, 2.45) is 17.8 Å². The van der Waals surface area contributed by atoms with Crippen LogP contribution in [0.15, 0.2) is 90.1 Å². The lowest BCUT2D eigenvalue weighted by atomic mass is 9.72. The lowest BCUT2D eigenvalue weighted by molar-refractivity contribution is -0.121. The third-order valence-electron chi connectivity index (χ3n) is 13.9. The van der Waals surface area contributed by atoms with Crippen LogP contribution in [0.25, 0.3) is 0 Å². The van der Waals surface area contributed by atoms with E-state index in [1.54, 1.807) is 4.90 Å². The Balaban J connectivity index is 0.000000205. The van der Waals surface area contributed by atoms with Gasteiger partial charge in [-0.25, -0.2) is 0 Å². The summed E-state index contributed by atoms with van der Waals surface area (Å²) in [6.45, 7) is 26.0. The van der Waals surface area contributed by atoms with E-state index >= 15 is 0 Å². The Hall–Kier alpha value is -5.24. The maximum absolute atomic E-state index is 13.6. The Kier molecular flexibility index (Phi) is 14.0. The molecular weight excluding hydrogens is 761 g/mol. The Bertz CT molecular complexity index is 2230. The number of carbonyl (C=O) groups is 2. The van der Waals surface area contributed by atoms with Crippen LogP contribution in [0.3, 0.4) is 0 Å². The number of nitrogens with zero attached hydrogens (tertiary/aromatic N) is 2. The molecule has 2 aliphatic heterocycles. The molecule has 8 nitrogen and oxygen atoms in total. The molecule has 326 valence electrons. The van der Waals surface area contributed by atoms with E-state index < -0.39 is 0 Å². The van der Waals surface area contributed by atoms with Gasteiger partial charge in [-0.1, -0.05) is 93.5 Å². The third-order valence-corrected chi connectivity index (χ3v) is 13.9. The fourth-order valence-electron chi connectivity index (χ4n) is 10.6. The van der Waals surface area contributed by atoms with Crippen molar-refractivity contribution in [1.29, 1.82) is 0 Å². The van der Waals surface area contributed by atoms with Crippen LogP contribution in [-0.2, 0) is 4.79 Å². The van der Waals surface area contributed by atoms with E-state index in [4.69, 9.17) is 0 Å². The first kappa shape index (κ1) is 45.3. The average molecular weight is 829 g/mol. The first-order valence-corrected chi connectivity index (χ1v) is 22.5. The normalized spacial score (nSPS) is 23.5. The Morgan fingerprint density at radius 3 is 1.48 bits per heavy atom. The smallest absolute Gasteiger partial charge is 0.258 e. The van der Waals surface area contributed by atoms with Crippen LogP contribution < -0.4 is 9.80 Å². The SMILES string of the molecule is C=C(C)[C@@H]1CCC(C)=C[C@H]1c1c(O)cc(O)c2c1N(C(=O)C(C)C)CC[C@H]2CC.C=C(C)[C@@H]1CCC(C)=C[C@H]1c1c(O)cc(O)c2c1N(C(=O)c1ccccc1)CC[C@H]2CC. The zero-order valence-corrected chi connectivity index (χ0v) is 37.7. The molecule has 6 atom stereocenters. The van der Waals surface area contributed by atoms with Gasteiger partial charge in [-0.2, -0.15) is 0 Å². The van der Waals surface area contributed by atoms with E-state index in [0.29, 0.717) is 24.3 Å². The molecule has 0 saturated heterocycles. The van der Waals surface area contributed by atoms with Gasteiger partial charge in [0.1, 0.15) is 23.0 Å². The fraction of sp³-hybridized carbons (Fsp3) is 0.472. The number of allylic oxidation sites excluding steroid dienone is 6. The van der Waals surface area contributed by atoms with Crippen molar-refractivity contribution in [2.45, 2.75) is 130 Å². The maximum Gasteiger partial charge on any atom is 0.258 e. The van der Waals surface area contributed by atoms with E-state index in [2.05, 4.69) is 53.0 Å². The lowest BCUT2D eigenvalue weighted by Crippen LogP contribution is -2.40. The van der Waals surface area contributed by atoms with Crippen molar-refractivity contribution < 1.29 is 30.0 Å². The number of fused-ring (bicyclic) bond motifs is 2. The van der Waals surface area contributed by atoms with E-state index in [1.807, 2.05) is 62.9 Å². The number of hydrogen-bond acceptors (Lipinski definition) is 6. The Labute approximate surface area is 364 Å². The Morgan fingerprint density at radius 1 is 0.656 bits per heavy atom. The summed E-state index contributed by atoms with van der Waals surface area (Å²) in [5.41, 5.74) is 9.88. The van der Waals surface area contributed by atoms with Gasteiger partial charge < -0.3 is 30.2 Å². The van der Waals surface area contributed by atoms with E-state index in [0.717, 1.165) is 90.5 Å². The quantitative estimate of drug-likeness (QED) is 0.168. The molecule has 0 fully saturated rings. The van der Waals surface area contributed by atoms with Crippen molar-refractivity contribution in [2.75, 3.05) is 22.9 Å².